The van der Waals surface area contributed by atoms with Crippen LogP contribution in [-0.2, 0) is 16.0 Å². The summed E-state index contributed by atoms with van der Waals surface area (Å²) in [6.45, 7) is 0.140. The first kappa shape index (κ1) is 20.6. The number of amides is 2. The summed E-state index contributed by atoms with van der Waals surface area (Å²) < 4.78 is 41.7. The molecule has 11 heteroatoms. The molecule has 3 N–H and O–H groups in total. The number of carbonyl (C=O) groups excluding carboxylic acids is 2. The summed E-state index contributed by atoms with van der Waals surface area (Å²) in [6.07, 6.45) is -6.78. The zero-order valence-electron chi connectivity index (χ0n) is 13.6. The predicted octanol–water partition coefficient (Wildman–Crippen LogP) is 3.23. The molecule has 1 heterocycles. The second-order valence-corrected chi connectivity index (χ2v) is 6.40. The molecule has 0 radical (unpaired) electrons. The Morgan fingerprint density at radius 1 is 1.42 bits per heavy atom. The zero-order valence-corrected chi connectivity index (χ0v) is 15.1. The summed E-state index contributed by atoms with van der Waals surface area (Å²) >= 11 is 12.1. The number of anilines is 1. The Morgan fingerprint density at radius 3 is 2.65 bits per heavy atom. The van der Waals surface area contributed by atoms with E-state index in [0.29, 0.717) is 17.7 Å². The smallest absolute Gasteiger partial charge is 0.409 e. The number of ether oxygens (including phenoxy) is 1. The third-order valence-electron chi connectivity index (χ3n) is 3.77. The molecule has 144 valence electrons. The van der Waals surface area contributed by atoms with E-state index in [-0.39, 0.29) is 16.5 Å². The van der Waals surface area contributed by atoms with Crippen LogP contribution in [-0.4, -0.2) is 37.0 Å². The molecule has 0 saturated heterocycles. The summed E-state index contributed by atoms with van der Waals surface area (Å²) in [5, 5.41) is 2.00. The van der Waals surface area contributed by atoms with Gasteiger partial charge in [0.2, 0.25) is 5.91 Å². The van der Waals surface area contributed by atoms with Gasteiger partial charge in [-0.05, 0) is 18.6 Å². The van der Waals surface area contributed by atoms with Gasteiger partial charge in [0.15, 0.2) is 6.23 Å². The number of nitrogens with two attached hydrogens (primary N) is 1. The van der Waals surface area contributed by atoms with Crippen molar-refractivity contribution in [2.24, 2.45) is 5.73 Å². The van der Waals surface area contributed by atoms with Gasteiger partial charge in [0.1, 0.15) is 6.54 Å². The minimum Gasteiger partial charge on any atom is -0.425 e. The van der Waals surface area contributed by atoms with Crippen LogP contribution in [0.1, 0.15) is 18.9 Å². The second-order valence-electron chi connectivity index (χ2n) is 5.61. The first-order chi connectivity index (χ1) is 12.0. The monoisotopic (exact) mass is 413 g/mol. The molecule has 1 aromatic rings. The lowest BCUT2D eigenvalue weighted by Gasteiger charge is -2.27. The van der Waals surface area contributed by atoms with Gasteiger partial charge in [-0.3, -0.25) is 9.69 Å². The van der Waals surface area contributed by atoms with Gasteiger partial charge in [-0.25, -0.2) is 4.79 Å². The van der Waals surface area contributed by atoms with Crippen LogP contribution in [0.5, 0.6) is 0 Å². The number of hydrogen-bond donors (Lipinski definition) is 2. The highest BCUT2D eigenvalue weighted by Gasteiger charge is 2.40. The molecule has 0 fully saturated rings. The van der Waals surface area contributed by atoms with Gasteiger partial charge in [-0.2, -0.15) is 13.2 Å². The van der Waals surface area contributed by atoms with Gasteiger partial charge in [0.25, 0.3) is 0 Å². The average Bonchev–Trinajstić information content (AvgIpc) is 2.93. The van der Waals surface area contributed by atoms with Crippen LogP contribution in [0.4, 0.5) is 23.7 Å². The molecule has 0 unspecified atom stereocenters. The van der Waals surface area contributed by atoms with E-state index in [9.17, 15) is 22.8 Å². The van der Waals surface area contributed by atoms with E-state index < -0.39 is 37.0 Å². The molecule has 0 bridgehead atoms. The average molecular weight is 414 g/mol. The maximum Gasteiger partial charge on any atom is 0.409 e. The first-order valence-corrected chi connectivity index (χ1v) is 8.37. The second kappa shape index (κ2) is 7.89. The molecule has 0 spiro atoms. The summed E-state index contributed by atoms with van der Waals surface area (Å²) in [6, 6.07) is 2.10. The predicted molar refractivity (Wildman–Crippen MR) is 90.2 cm³/mol. The molecule has 2 rings (SSSR count). The maximum atomic E-state index is 12.6. The van der Waals surface area contributed by atoms with Crippen LogP contribution in [0, 0.1) is 0 Å². The number of nitrogens with zero attached hydrogens (tertiary/aromatic N) is 1. The summed E-state index contributed by atoms with van der Waals surface area (Å²) in [5.74, 6) is -0.543. The van der Waals surface area contributed by atoms with Gasteiger partial charge in [0.05, 0.1) is 21.8 Å². The maximum absolute atomic E-state index is 12.6. The highest BCUT2D eigenvalue weighted by atomic mass is 35.5. The minimum atomic E-state index is -4.59. The molecule has 6 nitrogen and oxygen atoms in total. The van der Waals surface area contributed by atoms with E-state index in [1.54, 1.807) is 12.2 Å². The quantitative estimate of drug-likeness (QED) is 0.793. The largest absolute Gasteiger partial charge is 0.425 e. The van der Waals surface area contributed by atoms with Gasteiger partial charge in [0, 0.05) is 12.0 Å². The number of nitrogens with one attached hydrogen (secondary N) is 1. The van der Waals surface area contributed by atoms with E-state index in [1.807, 2.05) is 0 Å². The highest BCUT2D eigenvalue weighted by molar-refractivity contribution is 6.43. The van der Waals surface area contributed by atoms with Crippen LogP contribution >= 0.6 is 23.2 Å². The van der Waals surface area contributed by atoms with Crippen LogP contribution < -0.4 is 16.0 Å². The van der Waals surface area contributed by atoms with E-state index in [0.717, 1.165) is 4.90 Å². The number of rotatable bonds is 4. The van der Waals surface area contributed by atoms with E-state index in [4.69, 9.17) is 33.7 Å². The standard InChI is InChI=1S/C15H16Cl2F3N3O3/c1-2-9(21)13(24)23-10-4-3-8(16)12(17)7(10)5-11(23)26-14(25)22-6-15(18,19)20/h3-4,9,11H,2,5-6,21H2,1H3,(H,22,25)/t9-,11-/m0/s1. The van der Waals surface area contributed by atoms with Gasteiger partial charge in [-0.1, -0.05) is 30.1 Å². The number of halogens is 5. The molecule has 1 aliphatic rings. The number of hydrogen-bond acceptors (Lipinski definition) is 4. The molecular weight excluding hydrogens is 398 g/mol. The topological polar surface area (TPSA) is 84.7 Å². The molecule has 1 aliphatic heterocycles. The lowest BCUT2D eigenvalue weighted by molar-refractivity contribution is -0.125. The number of alkyl carbamates (subject to hydrolysis) is 1. The van der Waals surface area contributed by atoms with Crippen molar-refractivity contribution in [3.63, 3.8) is 0 Å². The lowest BCUT2D eigenvalue weighted by Crippen LogP contribution is -2.49. The molecule has 2 atom stereocenters. The Labute approximate surface area is 157 Å². The fourth-order valence-corrected chi connectivity index (χ4v) is 2.88. The molecule has 0 saturated carbocycles. The van der Waals surface area contributed by atoms with Crippen molar-refractivity contribution < 1.29 is 27.5 Å². The molecule has 0 aliphatic carbocycles. The molecule has 1 aromatic carbocycles. The minimum absolute atomic E-state index is 0.0175. The van der Waals surface area contributed by atoms with E-state index in [2.05, 4.69) is 0 Å². The van der Waals surface area contributed by atoms with Crippen molar-refractivity contribution in [3.05, 3.63) is 27.7 Å². The Balaban J connectivity index is 2.26. The van der Waals surface area contributed by atoms with Gasteiger partial charge in [-0.15, -0.1) is 0 Å². The number of benzene rings is 1. The Hall–Kier alpha value is -1.71. The Bertz CT molecular complexity index is 715. The van der Waals surface area contributed by atoms with Crippen molar-refractivity contribution >= 4 is 40.9 Å². The fraction of sp³-hybridized carbons (Fsp3) is 0.467. The third-order valence-corrected chi connectivity index (χ3v) is 4.61. The third kappa shape index (κ3) is 4.52. The Kier molecular flexibility index (Phi) is 6.25. The van der Waals surface area contributed by atoms with Gasteiger partial charge < -0.3 is 15.8 Å². The summed E-state index contributed by atoms with van der Waals surface area (Å²) in [4.78, 5) is 25.4. The molecular formula is C15H16Cl2F3N3O3. The van der Waals surface area contributed by atoms with E-state index in [1.165, 1.54) is 12.1 Å². The van der Waals surface area contributed by atoms with Crippen molar-refractivity contribution in [1.29, 1.82) is 0 Å². The van der Waals surface area contributed by atoms with Crippen molar-refractivity contribution in [1.82, 2.24) is 5.32 Å². The van der Waals surface area contributed by atoms with Crippen molar-refractivity contribution in [2.45, 2.75) is 38.2 Å². The summed E-state index contributed by atoms with van der Waals surface area (Å²) in [5.41, 5.74) is 6.57. The number of fused-ring (bicyclic) bond motifs is 1. The van der Waals surface area contributed by atoms with Crippen LogP contribution in [0.15, 0.2) is 12.1 Å². The first-order valence-electron chi connectivity index (χ1n) is 7.62. The SMILES string of the molecule is CC[C@H](N)C(=O)N1c2ccc(Cl)c(Cl)c2C[C@@H]1OC(=O)NCC(F)(F)F. The normalized spacial score (nSPS) is 17.7. The summed E-state index contributed by atoms with van der Waals surface area (Å²) in [7, 11) is 0. The Morgan fingerprint density at radius 2 is 2.08 bits per heavy atom. The lowest BCUT2D eigenvalue weighted by atomic mass is 10.1. The zero-order chi connectivity index (χ0) is 19.6. The van der Waals surface area contributed by atoms with Crippen molar-refractivity contribution in [2.75, 3.05) is 11.4 Å². The number of alkyl halides is 3. The fourth-order valence-electron chi connectivity index (χ4n) is 2.47. The molecule has 2 amide bonds. The van der Waals surface area contributed by atoms with Crippen molar-refractivity contribution in [3.8, 4) is 0 Å². The van der Waals surface area contributed by atoms with Crippen LogP contribution in [0.25, 0.3) is 0 Å². The van der Waals surface area contributed by atoms with E-state index >= 15 is 0 Å². The number of carbonyl (C=O) groups is 2. The van der Waals surface area contributed by atoms with Crippen LogP contribution in [0.3, 0.4) is 0 Å². The van der Waals surface area contributed by atoms with Crippen LogP contribution in [0.2, 0.25) is 10.0 Å². The highest BCUT2D eigenvalue weighted by Crippen LogP contribution is 2.41. The molecule has 0 aromatic heterocycles. The molecule has 26 heavy (non-hydrogen) atoms. The van der Waals surface area contributed by atoms with Gasteiger partial charge >= 0.3 is 12.3 Å².